The standard InChI is InChI=1S/C7H16NO/c1-3-9-7-5-4-6-8-2/h3-7H2,1-2H3/q-1. The summed E-state index contributed by atoms with van der Waals surface area (Å²) >= 11 is 0. The molecule has 0 heterocycles. The summed E-state index contributed by atoms with van der Waals surface area (Å²) in [7, 11) is 1.85. The monoisotopic (exact) mass is 130 g/mol. The normalized spacial score (nSPS) is 10.0. The van der Waals surface area contributed by atoms with Crippen molar-refractivity contribution in [1.29, 1.82) is 0 Å². The first kappa shape index (κ1) is 8.92. The third-order valence-corrected chi connectivity index (χ3v) is 1.12. The second kappa shape index (κ2) is 7.92. The first-order valence-electron chi connectivity index (χ1n) is 3.55. The van der Waals surface area contributed by atoms with Crippen LogP contribution in [0, 0.1) is 0 Å². The van der Waals surface area contributed by atoms with Crippen molar-refractivity contribution in [2.75, 3.05) is 26.8 Å². The van der Waals surface area contributed by atoms with Crippen molar-refractivity contribution < 1.29 is 4.74 Å². The Bertz CT molecular complexity index is 42.2. The van der Waals surface area contributed by atoms with Crippen molar-refractivity contribution in [1.82, 2.24) is 0 Å². The number of hydrogen-bond acceptors (Lipinski definition) is 1. The van der Waals surface area contributed by atoms with Crippen LogP contribution in [0.3, 0.4) is 0 Å². The first-order valence-corrected chi connectivity index (χ1v) is 3.55. The van der Waals surface area contributed by atoms with Crippen molar-refractivity contribution >= 4 is 0 Å². The zero-order valence-electron chi connectivity index (χ0n) is 6.39. The maximum atomic E-state index is 5.14. The van der Waals surface area contributed by atoms with Gasteiger partial charge in [0.2, 0.25) is 0 Å². The Kier molecular flexibility index (Phi) is 7.85. The molecule has 2 heteroatoms. The van der Waals surface area contributed by atoms with Gasteiger partial charge in [0.25, 0.3) is 0 Å². The Morgan fingerprint density at radius 1 is 1.33 bits per heavy atom. The van der Waals surface area contributed by atoms with Crippen LogP contribution in [0.4, 0.5) is 0 Å². The molecule has 0 aliphatic carbocycles. The summed E-state index contributed by atoms with van der Waals surface area (Å²) < 4.78 is 5.14. The average molecular weight is 130 g/mol. The van der Waals surface area contributed by atoms with Crippen LogP contribution >= 0.6 is 0 Å². The second-order valence-corrected chi connectivity index (χ2v) is 1.94. The molecule has 0 atom stereocenters. The minimum Gasteiger partial charge on any atom is -0.665 e. The Morgan fingerprint density at radius 2 is 2.11 bits per heavy atom. The van der Waals surface area contributed by atoms with Crippen LogP contribution in [0.2, 0.25) is 0 Å². The molecule has 0 rings (SSSR count). The second-order valence-electron chi connectivity index (χ2n) is 1.94. The summed E-state index contributed by atoms with van der Waals surface area (Å²) in [6.45, 7) is 4.73. The Labute approximate surface area is 57.6 Å². The molecule has 0 fully saturated rings. The summed E-state index contributed by atoms with van der Waals surface area (Å²) in [5.41, 5.74) is 0. The van der Waals surface area contributed by atoms with Crippen LogP contribution in [0.25, 0.3) is 5.32 Å². The molecule has 0 spiro atoms. The summed E-state index contributed by atoms with van der Waals surface area (Å²) in [6, 6.07) is 0. The largest absolute Gasteiger partial charge is 0.665 e. The van der Waals surface area contributed by atoms with Gasteiger partial charge >= 0.3 is 0 Å². The quantitative estimate of drug-likeness (QED) is 0.503. The lowest BCUT2D eigenvalue weighted by molar-refractivity contribution is 0.144. The smallest absolute Gasteiger partial charge is 0.0465 e. The van der Waals surface area contributed by atoms with Crippen molar-refractivity contribution in [3.63, 3.8) is 0 Å². The molecule has 0 amide bonds. The van der Waals surface area contributed by atoms with E-state index in [0.717, 1.165) is 32.6 Å². The van der Waals surface area contributed by atoms with Crippen molar-refractivity contribution in [3.05, 3.63) is 5.32 Å². The molecule has 0 aromatic rings. The van der Waals surface area contributed by atoms with E-state index >= 15 is 0 Å². The maximum Gasteiger partial charge on any atom is 0.0465 e. The van der Waals surface area contributed by atoms with E-state index in [0.29, 0.717) is 0 Å². The minimum absolute atomic E-state index is 0.837. The predicted molar refractivity (Wildman–Crippen MR) is 39.9 cm³/mol. The van der Waals surface area contributed by atoms with E-state index in [1.165, 1.54) is 0 Å². The van der Waals surface area contributed by atoms with Crippen LogP contribution in [0.15, 0.2) is 0 Å². The molecule has 0 aliphatic rings. The highest BCUT2D eigenvalue weighted by atomic mass is 16.5. The molecule has 0 saturated heterocycles. The number of hydrogen-bond donors (Lipinski definition) is 0. The highest BCUT2D eigenvalue weighted by molar-refractivity contribution is 4.68. The van der Waals surface area contributed by atoms with Crippen LogP contribution in [-0.2, 0) is 4.74 Å². The number of ether oxygens (including phenoxy) is 1. The molecule has 0 saturated carbocycles. The zero-order valence-corrected chi connectivity index (χ0v) is 6.39. The summed E-state index contributed by atoms with van der Waals surface area (Å²) in [5.74, 6) is 0. The fraction of sp³-hybridized carbons (Fsp3) is 1.00. The third kappa shape index (κ3) is 7.92. The highest BCUT2D eigenvalue weighted by Crippen LogP contribution is 1.92. The number of nitrogens with zero attached hydrogens (tertiary/aromatic N) is 1. The molecule has 0 radical (unpaired) electrons. The summed E-state index contributed by atoms with van der Waals surface area (Å²) in [5, 5.41) is 3.98. The Hall–Kier alpha value is -0.0800. The number of unbranched alkanes of at least 4 members (excludes halogenated alkanes) is 1. The average Bonchev–Trinajstić information content (AvgIpc) is 1.89. The van der Waals surface area contributed by atoms with Gasteiger partial charge in [-0.3, -0.25) is 0 Å². The van der Waals surface area contributed by atoms with Crippen LogP contribution in [0.5, 0.6) is 0 Å². The zero-order chi connectivity index (χ0) is 6.95. The molecule has 0 bridgehead atoms. The Balaban J connectivity index is 2.60. The molecule has 2 nitrogen and oxygen atoms in total. The fourth-order valence-electron chi connectivity index (χ4n) is 0.618. The van der Waals surface area contributed by atoms with Crippen LogP contribution in [-0.4, -0.2) is 26.8 Å². The van der Waals surface area contributed by atoms with E-state index in [-0.39, 0.29) is 0 Å². The van der Waals surface area contributed by atoms with E-state index < -0.39 is 0 Å². The molecule has 9 heavy (non-hydrogen) atoms. The molecule has 0 aromatic heterocycles. The van der Waals surface area contributed by atoms with Gasteiger partial charge in [-0.05, 0) is 13.3 Å². The van der Waals surface area contributed by atoms with E-state index in [1.807, 2.05) is 14.0 Å². The van der Waals surface area contributed by atoms with Gasteiger partial charge in [0, 0.05) is 13.2 Å². The predicted octanol–water partition coefficient (Wildman–Crippen LogP) is 1.81. The third-order valence-electron chi connectivity index (χ3n) is 1.12. The van der Waals surface area contributed by atoms with Gasteiger partial charge in [0.15, 0.2) is 0 Å². The lowest BCUT2D eigenvalue weighted by Crippen LogP contribution is -1.94. The molecular weight excluding hydrogens is 114 g/mol. The lowest BCUT2D eigenvalue weighted by atomic mass is 10.3. The van der Waals surface area contributed by atoms with E-state index in [2.05, 4.69) is 5.32 Å². The lowest BCUT2D eigenvalue weighted by Gasteiger charge is -2.09. The van der Waals surface area contributed by atoms with E-state index in [1.54, 1.807) is 0 Å². The van der Waals surface area contributed by atoms with Gasteiger partial charge in [-0.1, -0.05) is 6.42 Å². The Morgan fingerprint density at radius 3 is 2.67 bits per heavy atom. The molecule has 0 aliphatic heterocycles. The molecule has 0 aromatic carbocycles. The van der Waals surface area contributed by atoms with E-state index in [4.69, 9.17) is 4.74 Å². The van der Waals surface area contributed by atoms with Crippen molar-refractivity contribution in [2.45, 2.75) is 19.8 Å². The fourth-order valence-corrected chi connectivity index (χ4v) is 0.618. The number of rotatable bonds is 6. The minimum atomic E-state index is 0.837. The van der Waals surface area contributed by atoms with Crippen LogP contribution < -0.4 is 0 Å². The summed E-state index contributed by atoms with van der Waals surface area (Å²) in [4.78, 5) is 0. The van der Waals surface area contributed by atoms with Gasteiger partial charge in [0.1, 0.15) is 0 Å². The van der Waals surface area contributed by atoms with Gasteiger partial charge in [-0.15, -0.1) is 6.54 Å². The SMILES string of the molecule is CCOCCCC[N-]C. The molecule has 56 valence electrons. The highest BCUT2D eigenvalue weighted by Gasteiger charge is 1.81. The van der Waals surface area contributed by atoms with Gasteiger partial charge in [0.05, 0.1) is 0 Å². The maximum absolute atomic E-state index is 5.14. The topological polar surface area (TPSA) is 23.3 Å². The van der Waals surface area contributed by atoms with Crippen molar-refractivity contribution in [3.8, 4) is 0 Å². The summed E-state index contributed by atoms with van der Waals surface area (Å²) in [6.07, 6.45) is 2.31. The van der Waals surface area contributed by atoms with Crippen molar-refractivity contribution in [2.24, 2.45) is 0 Å². The first-order chi connectivity index (χ1) is 4.41. The van der Waals surface area contributed by atoms with Crippen LogP contribution in [0.1, 0.15) is 19.8 Å². The van der Waals surface area contributed by atoms with Gasteiger partial charge < -0.3 is 10.1 Å². The van der Waals surface area contributed by atoms with Gasteiger partial charge in [-0.2, -0.15) is 7.05 Å². The van der Waals surface area contributed by atoms with E-state index in [9.17, 15) is 0 Å². The van der Waals surface area contributed by atoms with Gasteiger partial charge in [-0.25, -0.2) is 0 Å². The molecule has 0 N–H and O–H groups in total. The molecule has 0 unspecified atom stereocenters. The molecular formula is C7H16NO-.